The van der Waals surface area contributed by atoms with Crippen molar-refractivity contribution in [3.63, 3.8) is 0 Å². The zero-order valence-corrected chi connectivity index (χ0v) is 11.5. The van der Waals surface area contributed by atoms with E-state index >= 15 is 0 Å². The Balaban J connectivity index is 2.20. The van der Waals surface area contributed by atoms with Gasteiger partial charge >= 0.3 is 0 Å². The number of anilines is 1. The molecule has 0 aliphatic carbocycles. The van der Waals surface area contributed by atoms with Gasteiger partial charge in [-0.2, -0.15) is 0 Å². The number of fused-ring (bicyclic) bond motifs is 1. The molecule has 1 aromatic carbocycles. The van der Waals surface area contributed by atoms with Crippen LogP contribution in [-0.2, 0) is 4.79 Å². The van der Waals surface area contributed by atoms with Crippen molar-refractivity contribution in [2.75, 3.05) is 5.32 Å². The van der Waals surface area contributed by atoms with Crippen LogP contribution in [0.25, 0.3) is 10.9 Å². The molecule has 0 unspecified atom stereocenters. The van der Waals surface area contributed by atoms with Crippen molar-refractivity contribution in [1.82, 2.24) is 4.98 Å². The fourth-order valence-corrected chi connectivity index (χ4v) is 1.77. The molecule has 1 heterocycles. The number of rotatable bonds is 2. The Morgan fingerprint density at radius 3 is 2.74 bits per heavy atom. The van der Waals surface area contributed by atoms with Crippen molar-refractivity contribution in [1.29, 1.82) is 0 Å². The van der Waals surface area contributed by atoms with Crippen LogP contribution in [0.2, 0.25) is 0 Å². The summed E-state index contributed by atoms with van der Waals surface area (Å²) in [4.78, 5) is 16.3. The maximum Gasteiger partial charge on any atom is 0.241 e. The van der Waals surface area contributed by atoms with Crippen LogP contribution in [0, 0.1) is 5.41 Å². The van der Waals surface area contributed by atoms with Crippen molar-refractivity contribution < 1.29 is 4.79 Å². The van der Waals surface area contributed by atoms with E-state index in [2.05, 4.69) is 10.3 Å². The highest BCUT2D eigenvalue weighted by Crippen LogP contribution is 2.21. The first-order valence-electron chi connectivity index (χ1n) is 6.29. The average molecular weight is 257 g/mol. The topological polar surface area (TPSA) is 68.0 Å². The molecule has 0 saturated heterocycles. The fraction of sp³-hybridized carbons (Fsp3) is 0.333. The number of carbonyl (C=O) groups is 1. The molecule has 100 valence electrons. The molecule has 19 heavy (non-hydrogen) atoms. The molecule has 0 aliphatic rings. The van der Waals surface area contributed by atoms with E-state index in [1.165, 1.54) is 0 Å². The van der Waals surface area contributed by atoms with E-state index in [-0.39, 0.29) is 11.3 Å². The molecule has 3 N–H and O–H groups in total. The van der Waals surface area contributed by atoms with E-state index in [1.54, 1.807) is 6.20 Å². The van der Waals surface area contributed by atoms with Crippen LogP contribution in [0.1, 0.15) is 20.8 Å². The van der Waals surface area contributed by atoms with Gasteiger partial charge in [0.1, 0.15) is 0 Å². The van der Waals surface area contributed by atoms with E-state index in [9.17, 15) is 4.79 Å². The molecule has 0 fully saturated rings. The molecule has 0 spiro atoms. The van der Waals surface area contributed by atoms with E-state index in [0.717, 1.165) is 16.6 Å². The summed E-state index contributed by atoms with van der Waals surface area (Å²) < 4.78 is 0. The Morgan fingerprint density at radius 2 is 2.05 bits per heavy atom. The van der Waals surface area contributed by atoms with Crippen LogP contribution in [-0.4, -0.2) is 16.9 Å². The number of nitrogens with two attached hydrogens (primary N) is 1. The predicted octanol–water partition coefficient (Wildman–Crippen LogP) is 2.55. The van der Waals surface area contributed by atoms with Gasteiger partial charge in [-0.3, -0.25) is 9.78 Å². The Bertz CT molecular complexity index is 602. The Morgan fingerprint density at radius 1 is 1.32 bits per heavy atom. The molecular formula is C15H19N3O. The third-order valence-corrected chi connectivity index (χ3v) is 3.09. The van der Waals surface area contributed by atoms with Crippen molar-refractivity contribution in [2.45, 2.75) is 26.8 Å². The Kier molecular flexibility index (Phi) is 3.53. The minimum atomic E-state index is -0.544. The fourth-order valence-electron chi connectivity index (χ4n) is 1.77. The highest BCUT2D eigenvalue weighted by molar-refractivity contribution is 5.97. The lowest BCUT2D eigenvalue weighted by Crippen LogP contribution is -2.45. The number of aromatic nitrogens is 1. The first-order chi connectivity index (χ1) is 8.88. The zero-order valence-electron chi connectivity index (χ0n) is 11.5. The molecule has 0 bridgehead atoms. The molecule has 4 nitrogen and oxygen atoms in total. The molecule has 0 saturated carbocycles. The first kappa shape index (κ1) is 13.5. The lowest BCUT2D eigenvalue weighted by molar-refractivity contribution is -0.119. The highest BCUT2D eigenvalue weighted by atomic mass is 16.2. The lowest BCUT2D eigenvalue weighted by Gasteiger charge is -2.25. The van der Waals surface area contributed by atoms with Crippen molar-refractivity contribution >= 4 is 22.5 Å². The molecular weight excluding hydrogens is 238 g/mol. The zero-order chi connectivity index (χ0) is 14.0. The largest absolute Gasteiger partial charge is 0.325 e. The summed E-state index contributed by atoms with van der Waals surface area (Å²) in [5, 5.41) is 3.84. The van der Waals surface area contributed by atoms with Crippen molar-refractivity contribution in [3.05, 3.63) is 36.5 Å². The molecule has 0 radical (unpaired) electrons. The number of hydrogen-bond donors (Lipinski definition) is 2. The molecule has 1 aromatic heterocycles. The Hall–Kier alpha value is -1.94. The summed E-state index contributed by atoms with van der Waals surface area (Å²) in [5.41, 5.74) is 7.31. The number of benzene rings is 1. The maximum atomic E-state index is 12.0. The van der Waals surface area contributed by atoms with Gasteiger partial charge in [-0.05, 0) is 29.7 Å². The molecule has 2 rings (SSSR count). The maximum absolute atomic E-state index is 12.0. The summed E-state index contributed by atoms with van der Waals surface area (Å²) in [5.74, 6) is -0.171. The van der Waals surface area contributed by atoms with E-state index in [4.69, 9.17) is 5.73 Å². The van der Waals surface area contributed by atoms with E-state index in [0.29, 0.717) is 0 Å². The number of pyridine rings is 1. The predicted molar refractivity (Wildman–Crippen MR) is 77.8 cm³/mol. The van der Waals surface area contributed by atoms with Gasteiger partial charge in [-0.1, -0.05) is 26.8 Å². The van der Waals surface area contributed by atoms with Gasteiger partial charge in [0.05, 0.1) is 11.6 Å². The van der Waals surface area contributed by atoms with Gasteiger partial charge < -0.3 is 11.1 Å². The number of nitrogens with one attached hydrogen (secondary N) is 1. The van der Waals surface area contributed by atoms with Gasteiger partial charge in [0.25, 0.3) is 0 Å². The van der Waals surface area contributed by atoms with Gasteiger partial charge in [-0.15, -0.1) is 0 Å². The minimum absolute atomic E-state index is 0.171. The van der Waals surface area contributed by atoms with Crippen molar-refractivity contribution in [2.24, 2.45) is 11.1 Å². The number of carbonyl (C=O) groups excluding carboxylic acids is 1. The van der Waals surface area contributed by atoms with Gasteiger partial charge in [0.15, 0.2) is 0 Å². The molecule has 2 aromatic rings. The quantitative estimate of drug-likeness (QED) is 0.868. The monoisotopic (exact) mass is 257 g/mol. The minimum Gasteiger partial charge on any atom is -0.325 e. The number of amides is 1. The second kappa shape index (κ2) is 4.97. The average Bonchev–Trinajstić information content (AvgIpc) is 2.36. The summed E-state index contributed by atoms with van der Waals surface area (Å²) in [6.45, 7) is 5.84. The summed E-state index contributed by atoms with van der Waals surface area (Å²) in [7, 11) is 0. The number of nitrogens with zero attached hydrogens (tertiary/aromatic N) is 1. The van der Waals surface area contributed by atoms with E-state index < -0.39 is 6.04 Å². The molecule has 4 heteroatoms. The van der Waals surface area contributed by atoms with Crippen molar-refractivity contribution in [3.8, 4) is 0 Å². The second-order valence-electron chi connectivity index (χ2n) is 5.74. The number of hydrogen-bond acceptors (Lipinski definition) is 3. The SMILES string of the molecule is CC(C)(C)[C@H](N)C(=O)Nc1ccc2ncccc2c1. The van der Waals surface area contributed by atoms with Crippen LogP contribution in [0.4, 0.5) is 5.69 Å². The third-order valence-electron chi connectivity index (χ3n) is 3.09. The van der Waals surface area contributed by atoms with Crippen LogP contribution in [0.3, 0.4) is 0 Å². The van der Waals surface area contributed by atoms with E-state index in [1.807, 2.05) is 51.1 Å². The standard InChI is InChI=1S/C15H19N3O/c1-15(2,3)13(16)14(19)18-11-6-7-12-10(9-11)5-4-8-17-12/h4-9,13H,16H2,1-3H3,(H,18,19)/t13-/m1/s1. The Labute approximate surface area is 113 Å². The van der Waals surface area contributed by atoms with Crippen LogP contribution >= 0.6 is 0 Å². The lowest BCUT2D eigenvalue weighted by atomic mass is 9.87. The normalized spacial score (nSPS) is 13.3. The van der Waals surface area contributed by atoms with Gasteiger partial charge in [-0.25, -0.2) is 0 Å². The molecule has 1 atom stereocenters. The smallest absolute Gasteiger partial charge is 0.241 e. The summed E-state index contributed by atoms with van der Waals surface area (Å²) in [6, 6.07) is 8.90. The van der Waals surface area contributed by atoms with Gasteiger partial charge in [0.2, 0.25) is 5.91 Å². The second-order valence-corrected chi connectivity index (χ2v) is 5.74. The van der Waals surface area contributed by atoms with Crippen LogP contribution in [0.5, 0.6) is 0 Å². The highest BCUT2D eigenvalue weighted by Gasteiger charge is 2.27. The summed E-state index contributed by atoms with van der Waals surface area (Å²) in [6.07, 6.45) is 1.75. The first-order valence-corrected chi connectivity index (χ1v) is 6.29. The molecule has 0 aliphatic heterocycles. The van der Waals surface area contributed by atoms with Crippen LogP contribution < -0.4 is 11.1 Å². The third kappa shape index (κ3) is 3.09. The van der Waals surface area contributed by atoms with Crippen LogP contribution in [0.15, 0.2) is 36.5 Å². The summed E-state index contributed by atoms with van der Waals surface area (Å²) >= 11 is 0. The van der Waals surface area contributed by atoms with Gasteiger partial charge in [0, 0.05) is 17.3 Å². The molecule has 1 amide bonds.